The van der Waals surface area contributed by atoms with E-state index in [0.717, 1.165) is 44.1 Å². The molecule has 0 spiro atoms. The van der Waals surface area contributed by atoms with Gasteiger partial charge in [0.15, 0.2) is 9.84 Å². The zero-order valence-corrected chi connectivity index (χ0v) is 27.1. The van der Waals surface area contributed by atoms with Crippen molar-refractivity contribution < 1.29 is 28.2 Å². The fourth-order valence-corrected chi connectivity index (χ4v) is 7.26. The number of aromatic nitrogens is 2. The van der Waals surface area contributed by atoms with Crippen molar-refractivity contribution in [3.05, 3.63) is 47.8 Å². The summed E-state index contributed by atoms with van der Waals surface area (Å²) in [5.41, 5.74) is 1.50. The van der Waals surface area contributed by atoms with Crippen molar-refractivity contribution >= 4 is 27.6 Å². The molecule has 2 aliphatic rings. The quantitative estimate of drug-likeness (QED) is 0.199. The van der Waals surface area contributed by atoms with E-state index in [4.69, 9.17) is 0 Å². The lowest BCUT2D eigenvalue weighted by Crippen LogP contribution is -2.50. The van der Waals surface area contributed by atoms with Crippen molar-refractivity contribution in [2.75, 3.05) is 11.1 Å². The Kier molecular flexibility index (Phi) is 11.6. The summed E-state index contributed by atoms with van der Waals surface area (Å²) in [6.07, 6.45) is 8.62. The zero-order chi connectivity index (χ0) is 31.9. The highest BCUT2D eigenvalue weighted by atomic mass is 32.2. The van der Waals surface area contributed by atoms with E-state index in [9.17, 15) is 28.2 Å². The first kappa shape index (κ1) is 34.1. The molecule has 4 rings (SSSR count). The second-order valence-electron chi connectivity index (χ2n) is 13.8. The van der Waals surface area contributed by atoms with Gasteiger partial charge in [0, 0.05) is 12.1 Å². The minimum Gasteiger partial charge on any atom is -0.390 e. The lowest BCUT2D eigenvalue weighted by Gasteiger charge is -2.32. The van der Waals surface area contributed by atoms with Gasteiger partial charge in [-0.15, -0.1) is 0 Å². The number of aryl methyl sites for hydroxylation is 1. The van der Waals surface area contributed by atoms with Gasteiger partial charge >= 0.3 is 0 Å². The molecule has 0 aliphatic heterocycles. The van der Waals surface area contributed by atoms with Crippen LogP contribution in [-0.4, -0.2) is 69.2 Å². The molecule has 2 aliphatic carbocycles. The number of benzene rings is 1. The predicted molar refractivity (Wildman–Crippen MR) is 171 cm³/mol. The third-order valence-corrected chi connectivity index (χ3v) is 11.8. The summed E-state index contributed by atoms with van der Waals surface area (Å²) in [6.45, 7) is 4.88. The Balaban J connectivity index is 1.34. The highest BCUT2D eigenvalue weighted by Gasteiger charge is 2.39. The molecule has 2 aromatic rings. The van der Waals surface area contributed by atoms with E-state index in [0.29, 0.717) is 24.5 Å². The zero-order valence-electron chi connectivity index (χ0n) is 26.3. The molecule has 0 saturated heterocycles. The van der Waals surface area contributed by atoms with Crippen molar-refractivity contribution in [1.82, 2.24) is 15.3 Å². The number of nitrogens with zero attached hydrogens (tertiary/aromatic N) is 1. The first-order valence-corrected chi connectivity index (χ1v) is 17.7. The van der Waals surface area contributed by atoms with Crippen molar-refractivity contribution in [2.45, 2.75) is 114 Å². The number of carbonyl (C=O) groups is 2. The van der Waals surface area contributed by atoms with Crippen LogP contribution in [0.4, 0.5) is 5.95 Å². The Hall–Kier alpha value is -2.76. The molecule has 2 amide bonds. The molecule has 0 radical (unpaired) electrons. The number of sulfone groups is 1. The maximum atomic E-state index is 13.3. The van der Waals surface area contributed by atoms with Crippen LogP contribution in [0.5, 0.6) is 0 Å². The highest BCUT2D eigenvalue weighted by molar-refractivity contribution is 7.92. The van der Waals surface area contributed by atoms with E-state index < -0.39 is 44.7 Å². The monoisotopic (exact) mass is 630 g/mol. The average Bonchev–Trinajstić information content (AvgIpc) is 3.74. The summed E-state index contributed by atoms with van der Waals surface area (Å²) in [7, 11) is -3.57. The number of hydrogen-bond acceptors (Lipinski definition) is 7. The van der Waals surface area contributed by atoms with Crippen LogP contribution in [0.2, 0.25) is 0 Å². The molecular weight excluding hydrogens is 580 g/mol. The number of aliphatic hydroxyl groups excluding tert-OH is 2. The third kappa shape index (κ3) is 9.87. The Morgan fingerprint density at radius 2 is 1.73 bits per heavy atom. The fourth-order valence-electron chi connectivity index (χ4n) is 5.96. The normalized spacial score (nSPS) is 19.1. The maximum Gasteiger partial charge on any atom is 0.231 e. The van der Waals surface area contributed by atoms with E-state index in [1.165, 1.54) is 6.42 Å². The van der Waals surface area contributed by atoms with Crippen LogP contribution in [0.15, 0.2) is 36.5 Å². The van der Waals surface area contributed by atoms with Gasteiger partial charge in [-0.1, -0.05) is 62.4 Å². The number of aromatic amines is 1. The number of H-pyrrole nitrogens is 1. The molecule has 2 saturated carbocycles. The number of nitrogens with one attached hydrogen (secondary N) is 3. The first-order chi connectivity index (χ1) is 20.8. The molecule has 10 nitrogen and oxygen atoms in total. The summed E-state index contributed by atoms with van der Waals surface area (Å²) in [5.74, 6) is -1.06. The number of imidazole rings is 1. The largest absolute Gasteiger partial charge is 0.390 e. The van der Waals surface area contributed by atoms with Crippen molar-refractivity contribution in [3.63, 3.8) is 0 Å². The second kappa shape index (κ2) is 15.0. The number of rotatable bonds is 15. The number of hydrogen-bond donors (Lipinski definition) is 5. The van der Waals surface area contributed by atoms with Gasteiger partial charge in [-0.2, -0.15) is 0 Å². The van der Waals surface area contributed by atoms with Gasteiger partial charge in [0.25, 0.3) is 0 Å². The number of anilines is 1. The van der Waals surface area contributed by atoms with Crippen LogP contribution < -0.4 is 10.6 Å². The van der Waals surface area contributed by atoms with Crippen LogP contribution >= 0.6 is 0 Å². The van der Waals surface area contributed by atoms with Crippen molar-refractivity contribution in [2.24, 2.45) is 17.8 Å². The molecule has 244 valence electrons. The Labute approximate surface area is 261 Å². The van der Waals surface area contributed by atoms with Gasteiger partial charge in [0.2, 0.25) is 17.8 Å². The van der Waals surface area contributed by atoms with Crippen molar-refractivity contribution in [3.8, 4) is 0 Å². The van der Waals surface area contributed by atoms with Gasteiger partial charge in [-0.05, 0) is 70.3 Å². The third-order valence-electron chi connectivity index (χ3n) is 9.07. The van der Waals surface area contributed by atoms with E-state index >= 15 is 0 Å². The van der Waals surface area contributed by atoms with Gasteiger partial charge in [0.1, 0.15) is 6.10 Å². The molecule has 1 heterocycles. The molecule has 0 bridgehead atoms. The van der Waals surface area contributed by atoms with Crippen LogP contribution in [0, 0.1) is 17.8 Å². The minimum atomic E-state index is -3.57. The van der Waals surface area contributed by atoms with Crippen LogP contribution in [0.3, 0.4) is 0 Å². The summed E-state index contributed by atoms with van der Waals surface area (Å²) in [4.78, 5) is 33.6. The summed E-state index contributed by atoms with van der Waals surface area (Å²) < 4.78 is 25.0. The van der Waals surface area contributed by atoms with E-state index in [-0.39, 0.29) is 36.4 Å². The maximum absolute atomic E-state index is 13.3. The van der Waals surface area contributed by atoms with Gasteiger partial charge in [0.05, 0.1) is 34.8 Å². The topological polar surface area (TPSA) is 161 Å². The predicted octanol–water partition coefficient (Wildman–Crippen LogP) is 3.94. The first-order valence-electron chi connectivity index (χ1n) is 16.1. The van der Waals surface area contributed by atoms with Crippen LogP contribution in [0.1, 0.15) is 89.8 Å². The fraction of sp³-hybridized carbons (Fsp3) is 0.667. The highest BCUT2D eigenvalue weighted by Crippen LogP contribution is 2.36. The van der Waals surface area contributed by atoms with Gasteiger partial charge < -0.3 is 20.5 Å². The van der Waals surface area contributed by atoms with Crippen LogP contribution in [0.25, 0.3) is 0 Å². The molecular formula is C33H50N4O6S. The molecule has 1 aromatic carbocycles. The number of amides is 2. The van der Waals surface area contributed by atoms with E-state index in [2.05, 4.69) is 20.6 Å². The summed E-state index contributed by atoms with van der Waals surface area (Å²) in [5, 5.41) is 27.3. The molecule has 2 fully saturated rings. The standard InChI is InChI=1S/C33H50N4O6S/c1-33(2,3)44(42,43)21-25(18-22-10-6-4-7-11-22)31(41)37-32-34-20-26(35-32)16-17-28(38)36-27(19-23-12-8-5-9-13-23)30(40)29(39)24-14-15-24/h4,6-7,10-11,20,23-25,27,29-30,39-40H,5,8-9,12-19,21H2,1-3H3,(H,36,38)(H2,34,35,37,41)/t25-,27+,29+,30-/m1/s1. The van der Waals surface area contributed by atoms with E-state index in [1.807, 2.05) is 30.3 Å². The Morgan fingerprint density at radius 3 is 2.36 bits per heavy atom. The smallest absolute Gasteiger partial charge is 0.231 e. The summed E-state index contributed by atoms with van der Waals surface area (Å²) in [6, 6.07) is 8.81. The molecule has 5 N–H and O–H groups in total. The molecule has 4 atom stereocenters. The second-order valence-corrected chi connectivity index (χ2v) is 16.5. The SMILES string of the molecule is CC(C)(C)S(=O)(=O)C[C@@H](Cc1ccccc1)C(=O)Nc1ncc(CCC(=O)N[C@@H](CC2CCCCC2)[C@@H](O)[C@@H](O)C2CC2)[nH]1. The Morgan fingerprint density at radius 1 is 1.05 bits per heavy atom. The van der Waals surface area contributed by atoms with E-state index in [1.54, 1.807) is 27.0 Å². The minimum absolute atomic E-state index is 0.107. The average molecular weight is 631 g/mol. The molecule has 44 heavy (non-hydrogen) atoms. The molecule has 1 aromatic heterocycles. The lowest BCUT2D eigenvalue weighted by atomic mass is 9.82. The summed E-state index contributed by atoms with van der Waals surface area (Å²) >= 11 is 0. The van der Waals surface area contributed by atoms with Gasteiger partial charge in [-0.25, -0.2) is 13.4 Å². The number of aliphatic hydroxyl groups is 2. The Bertz CT molecular complexity index is 1330. The molecule has 0 unspecified atom stereocenters. The lowest BCUT2D eigenvalue weighted by molar-refractivity contribution is -0.124. The number of carbonyl (C=O) groups excluding carboxylic acids is 2. The van der Waals surface area contributed by atoms with Crippen LogP contribution in [-0.2, 0) is 32.3 Å². The van der Waals surface area contributed by atoms with Crippen molar-refractivity contribution in [1.29, 1.82) is 0 Å². The van der Waals surface area contributed by atoms with Gasteiger partial charge in [-0.3, -0.25) is 14.9 Å². The molecule has 11 heteroatoms.